The Balaban J connectivity index is 1.92. The molecule has 3 N–H and O–H groups in total. The molecule has 1 atom stereocenters. The van der Waals surface area contributed by atoms with Crippen molar-refractivity contribution >= 4 is 0 Å². The summed E-state index contributed by atoms with van der Waals surface area (Å²) in [6, 6.07) is 16.3. The first-order valence-corrected chi connectivity index (χ1v) is 7.20. The van der Waals surface area contributed by atoms with E-state index < -0.39 is 6.10 Å². The summed E-state index contributed by atoms with van der Waals surface area (Å²) in [5, 5.41) is 10.6. The van der Waals surface area contributed by atoms with E-state index in [4.69, 9.17) is 5.73 Å². The third-order valence-corrected chi connectivity index (χ3v) is 4.42. The van der Waals surface area contributed by atoms with Crippen molar-refractivity contribution in [1.29, 1.82) is 0 Å². The van der Waals surface area contributed by atoms with Gasteiger partial charge in [-0.15, -0.1) is 0 Å². The molecule has 1 saturated carbocycles. The molecule has 1 fully saturated rings. The summed E-state index contributed by atoms with van der Waals surface area (Å²) in [4.78, 5) is 0. The quantitative estimate of drug-likeness (QED) is 0.894. The minimum absolute atomic E-state index is 0.169. The van der Waals surface area contributed by atoms with E-state index in [1.54, 1.807) is 0 Å². The van der Waals surface area contributed by atoms with Crippen molar-refractivity contribution in [2.75, 3.05) is 6.54 Å². The van der Waals surface area contributed by atoms with Gasteiger partial charge >= 0.3 is 0 Å². The molecule has 1 aliphatic rings. The molecule has 0 heterocycles. The first kappa shape index (κ1) is 13.3. The van der Waals surface area contributed by atoms with Gasteiger partial charge in [0.1, 0.15) is 6.10 Å². The van der Waals surface area contributed by atoms with Crippen molar-refractivity contribution < 1.29 is 5.11 Å². The predicted octanol–water partition coefficient (Wildman–Crippen LogP) is 3.07. The monoisotopic (exact) mass is 267 g/mol. The van der Waals surface area contributed by atoms with Crippen LogP contribution in [0.25, 0.3) is 0 Å². The number of aliphatic hydroxyl groups is 1. The average molecular weight is 267 g/mol. The van der Waals surface area contributed by atoms with Crippen molar-refractivity contribution in [2.24, 2.45) is 5.73 Å². The van der Waals surface area contributed by atoms with Crippen LogP contribution in [0.3, 0.4) is 0 Å². The van der Waals surface area contributed by atoms with Gasteiger partial charge in [0, 0.05) is 12.0 Å². The van der Waals surface area contributed by atoms with Crippen LogP contribution in [0.2, 0.25) is 0 Å². The van der Waals surface area contributed by atoms with Gasteiger partial charge in [-0.3, -0.25) is 0 Å². The molecule has 1 unspecified atom stereocenters. The molecule has 3 rings (SSSR count). The molecule has 1 aliphatic carbocycles. The summed E-state index contributed by atoms with van der Waals surface area (Å²) >= 11 is 0. The maximum absolute atomic E-state index is 10.6. The van der Waals surface area contributed by atoms with Crippen LogP contribution in [0.4, 0.5) is 0 Å². The number of benzene rings is 2. The molecule has 0 saturated heterocycles. The summed E-state index contributed by atoms with van der Waals surface area (Å²) in [6.07, 6.45) is 1.75. The molecule has 2 heteroatoms. The molecule has 0 amide bonds. The van der Waals surface area contributed by atoms with Crippen LogP contribution in [-0.4, -0.2) is 11.7 Å². The van der Waals surface area contributed by atoms with Crippen molar-refractivity contribution in [3.8, 4) is 0 Å². The summed E-state index contributed by atoms with van der Waals surface area (Å²) in [5.41, 5.74) is 10.4. The van der Waals surface area contributed by atoms with E-state index in [0.717, 1.165) is 24.0 Å². The molecule has 104 valence electrons. The molecule has 2 aromatic carbocycles. The van der Waals surface area contributed by atoms with E-state index in [1.807, 2.05) is 43.3 Å². The number of hydrogen-bond donors (Lipinski definition) is 2. The second kappa shape index (κ2) is 5.04. The van der Waals surface area contributed by atoms with Gasteiger partial charge in [0.15, 0.2) is 0 Å². The predicted molar refractivity (Wildman–Crippen MR) is 81.6 cm³/mol. The summed E-state index contributed by atoms with van der Waals surface area (Å²) < 4.78 is 0. The van der Waals surface area contributed by atoms with Crippen LogP contribution < -0.4 is 5.73 Å². The zero-order valence-corrected chi connectivity index (χ0v) is 11.8. The number of nitrogens with two attached hydrogens (primary N) is 1. The van der Waals surface area contributed by atoms with E-state index in [9.17, 15) is 5.11 Å². The van der Waals surface area contributed by atoms with Crippen LogP contribution in [-0.2, 0) is 5.41 Å². The van der Waals surface area contributed by atoms with Gasteiger partial charge in [0.2, 0.25) is 0 Å². The molecule has 20 heavy (non-hydrogen) atoms. The highest BCUT2D eigenvalue weighted by Gasteiger charge is 2.42. The number of aryl methyl sites for hydroxylation is 1. The third kappa shape index (κ3) is 2.37. The second-order valence-electron chi connectivity index (χ2n) is 5.93. The van der Waals surface area contributed by atoms with Crippen molar-refractivity contribution in [3.63, 3.8) is 0 Å². The first-order valence-electron chi connectivity index (χ1n) is 7.20. The normalized spacial score (nSPS) is 17.8. The molecular weight excluding hydrogens is 246 g/mol. The molecule has 0 radical (unpaired) electrons. The molecular formula is C18H21NO. The summed E-state index contributed by atoms with van der Waals surface area (Å²) in [6.45, 7) is 2.73. The number of rotatable bonds is 4. The molecule has 0 aliphatic heterocycles. The molecule has 0 spiro atoms. The van der Waals surface area contributed by atoms with Gasteiger partial charge in [-0.25, -0.2) is 0 Å². The topological polar surface area (TPSA) is 46.2 Å². The fourth-order valence-corrected chi connectivity index (χ4v) is 2.83. The smallest absolute Gasteiger partial charge is 0.104 e. The third-order valence-electron chi connectivity index (χ3n) is 4.42. The maximum Gasteiger partial charge on any atom is 0.104 e. The Kier molecular flexibility index (Phi) is 3.36. The van der Waals surface area contributed by atoms with Gasteiger partial charge in [0.05, 0.1) is 0 Å². The van der Waals surface area contributed by atoms with Crippen LogP contribution in [0, 0.1) is 6.92 Å². The van der Waals surface area contributed by atoms with Gasteiger partial charge in [-0.1, -0.05) is 54.1 Å². The number of aliphatic hydroxyl groups excluding tert-OH is 1. The van der Waals surface area contributed by atoms with E-state index in [-0.39, 0.29) is 5.41 Å². The molecule has 0 bridgehead atoms. The highest BCUT2D eigenvalue weighted by atomic mass is 16.3. The van der Waals surface area contributed by atoms with Crippen LogP contribution in [0.15, 0.2) is 48.5 Å². The molecule has 0 aromatic heterocycles. The molecule has 2 nitrogen and oxygen atoms in total. The van der Waals surface area contributed by atoms with E-state index in [0.29, 0.717) is 6.54 Å². The minimum atomic E-state index is -0.566. The highest BCUT2D eigenvalue weighted by Crippen LogP contribution is 2.47. The standard InChI is InChI=1S/C18H21NO/c1-13-4-2-5-14(10-13)17(20)15-6-3-7-16(11-15)18(12-19)8-9-18/h2-7,10-11,17,20H,8-9,12,19H2,1H3. The second-order valence-corrected chi connectivity index (χ2v) is 5.93. The Hall–Kier alpha value is -1.64. The van der Waals surface area contributed by atoms with Crippen LogP contribution in [0.5, 0.6) is 0 Å². The van der Waals surface area contributed by atoms with Gasteiger partial charge in [-0.05, 0) is 36.5 Å². The van der Waals surface area contributed by atoms with Gasteiger partial charge in [-0.2, -0.15) is 0 Å². The Labute approximate surface area is 120 Å². The summed E-state index contributed by atoms with van der Waals surface area (Å²) in [5.74, 6) is 0. The van der Waals surface area contributed by atoms with Gasteiger partial charge < -0.3 is 10.8 Å². The highest BCUT2D eigenvalue weighted by molar-refractivity contribution is 5.39. The number of hydrogen-bond acceptors (Lipinski definition) is 2. The van der Waals surface area contributed by atoms with Gasteiger partial charge in [0.25, 0.3) is 0 Å². The lowest BCUT2D eigenvalue weighted by molar-refractivity contribution is 0.220. The van der Waals surface area contributed by atoms with E-state index in [2.05, 4.69) is 12.1 Å². The van der Waals surface area contributed by atoms with Crippen molar-refractivity contribution in [2.45, 2.75) is 31.3 Å². The Morgan fingerprint density at radius 1 is 1.10 bits per heavy atom. The fraction of sp³-hybridized carbons (Fsp3) is 0.333. The fourth-order valence-electron chi connectivity index (χ4n) is 2.83. The SMILES string of the molecule is Cc1cccc(C(O)c2cccc(C3(CN)CC3)c2)c1. The zero-order valence-electron chi connectivity index (χ0n) is 11.8. The molecule has 2 aromatic rings. The lowest BCUT2D eigenvalue weighted by Crippen LogP contribution is -2.20. The Morgan fingerprint density at radius 2 is 1.75 bits per heavy atom. The van der Waals surface area contributed by atoms with Crippen LogP contribution in [0.1, 0.15) is 41.2 Å². The van der Waals surface area contributed by atoms with E-state index in [1.165, 1.54) is 11.1 Å². The first-order chi connectivity index (χ1) is 9.64. The Bertz CT molecular complexity index is 616. The summed E-state index contributed by atoms with van der Waals surface area (Å²) in [7, 11) is 0. The lowest BCUT2D eigenvalue weighted by atomic mass is 9.91. The maximum atomic E-state index is 10.6. The van der Waals surface area contributed by atoms with E-state index >= 15 is 0 Å². The van der Waals surface area contributed by atoms with Crippen molar-refractivity contribution in [1.82, 2.24) is 0 Å². The van der Waals surface area contributed by atoms with Crippen molar-refractivity contribution in [3.05, 3.63) is 70.8 Å². The minimum Gasteiger partial charge on any atom is -0.384 e. The Morgan fingerprint density at radius 3 is 2.35 bits per heavy atom. The zero-order chi connectivity index (χ0) is 14.2. The lowest BCUT2D eigenvalue weighted by Gasteiger charge is -2.17. The average Bonchev–Trinajstić information content (AvgIpc) is 3.28. The largest absolute Gasteiger partial charge is 0.384 e. The van der Waals surface area contributed by atoms with Crippen LogP contribution >= 0.6 is 0 Å².